The van der Waals surface area contributed by atoms with E-state index < -0.39 is 27.7 Å². The third-order valence-corrected chi connectivity index (χ3v) is 5.62. The minimum atomic E-state index is -4.48. The Kier molecular flexibility index (Phi) is 6.23. The Labute approximate surface area is 171 Å². The summed E-state index contributed by atoms with van der Waals surface area (Å²) in [6, 6.07) is 18.3. The van der Waals surface area contributed by atoms with Gasteiger partial charge in [-0.1, -0.05) is 30.3 Å². The van der Waals surface area contributed by atoms with Gasteiger partial charge in [0.2, 0.25) is 10.0 Å². The average Bonchev–Trinajstić information content (AvgIpc) is 2.73. The number of carbonyl (C=O) groups excluding carboxylic acids is 1. The molecule has 0 saturated heterocycles. The summed E-state index contributed by atoms with van der Waals surface area (Å²) in [7, 11) is -3.74. The second-order valence-corrected chi connectivity index (χ2v) is 8.13. The van der Waals surface area contributed by atoms with Gasteiger partial charge in [0.05, 0.1) is 10.5 Å². The van der Waals surface area contributed by atoms with Crippen molar-refractivity contribution in [2.45, 2.75) is 17.6 Å². The van der Waals surface area contributed by atoms with Crippen molar-refractivity contribution in [2.24, 2.45) is 0 Å². The predicted molar refractivity (Wildman–Crippen MR) is 106 cm³/mol. The van der Waals surface area contributed by atoms with E-state index in [9.17, 15) is 26.4 Å². The molecule has 0 radical (unpaired) electrons. The van der Waals surface area contributed by atoms with Crippen LogP contribution in [0.4, 0.5) is 18.9 Å². The summed E-state index contributed by atoms with van der Waals surface area (Å²) in [5.74, 6) is -0.610. The molecule has 0 aromatic heterocycles. The Bertz CT molecular complexity index is 1110. The van der Waals surface area contributed by atoms with Crippen LogP contribution in [-0.2, 0) is 22.7 Å². The minimum Gasteiger partial charge on any atom is -0.322 e. The number of nitrogens with one attached hydrogen (secondary N) is 2. The van der Waals surface area contributed by atoms with Gasteiger partial charge in [0, 0.05) is 17.8 Å². The Morgan fingerprint density at radius 3 is 2.00 bits per heavy atom. The number of anilines is 1. The molecule has 3 aromatic rings. The molecule has 156 valence electrons. The number of amides is 1. The summed E-state index contributed by atoms with van der Waals surface area (Å²) >= 11 is 0. The van der Waals surface area contributed by atoms with E-state index in [1.54, 1.807) is 24.3 Å². The maximum atomic E-state index is 12.6. The molecule has 3 aromatic carbocycles. The van der Waals surface area contributed by atoms with Gasteiger partial charge in [-0.3, -0.25) is 4.79 Å². The van der Waals surface area contributed by atoms with Crippen LogP contribution >= 0.6 is 0 Å². The van der Waals surface area contributed by atoms with Gasteiger partial charge >= 0.3 is 6.18 Å². The van der Waals surface area contributed by atoms with Gasteiger partial charge in [0.1, 0.15) is 0 Å². The number of benzene rings is 3. The highest BCUT2D eigenvalue weighted by Gasteiger charge is 2.30. The van der Waals surface area contributed by atoms with E-state index in [2.05, 4.69) is 10.0 Å². The number of sulfonamides is 1. The van der Waals surface area contributed by atoms with E-state index in [1.807, 2.05) is 6.07 Å². The van der Waals surface area contributed by atoms with E-state index in [1.165, 1.54) is 24.3 Å². The molecular weight excluding hydrogens is 417 g/mol. The highest BCUT2D eigenvalue weighted by Crippen LogP contribution is 2.29. The lowest BCUT2D eigenvalue weighted by molar-refractivity contribution is -0.137. The quantitative estimate of drug-likeness (QED) is 0.603. The lowest BCUT2D eigenvalue weighted by Crippen LogP contribution is -2.23. The zero-order chi connectivity index (χ0) is 21.8. The van der Waals surface area contributed by atoms with Crippen molar-refractivity contribution in [3.8, 4) is 0 Å². The molecule has 1 amide bonds. The summed E-state index contributed by atoms with van der Waals surface area (Å²) < 4.78 is 65.0. The van der Waals surface area contributed by atoms with Crippen molar-refractivity contribution in [3.63, 3.8) is 0 Å². The summed E-state index contributed by atoms with van der Waals surface area (Å²) in [6.45, 7) is 0.135. The molecule has 0 heterocycles. The van der Waals surface area contributed by atoms with E-state index in [0.29, 0.717) is 5.69 Å². The number of alkyl halides is 3. The third-order valence-electron chi connectivity index (χ3n) is 4.21. The van der Waals surface area contributed by atoms with Crippen molar-refractivity contribution in [3.05, 3.63) is 95.6 Å². The SMILES string of the molecule is O=C(Nc1ccc(S(=O)(=O)NCc2ccccc2)cc1)c1ccc(C(F)(F)F)cc1. The highest BCUT2D eigenvalue weighted by molar-refractivity contribution is 7.89. The minimum absolute atomic E-state index is 0.0194. The molecule has 0 bridgehead atoms. The van der Waals surface area contributed by atoms with E-state index in [4.69, 9.17) is 0 Å². The van der Waals surface area contributed by atoms with Crippen molar-refractivity contribution in [1.82, 2.24) is 4.72 Å². The molecule has 0 spiro atoms. The van der Waals surface area contributed by atoms with Crippen molar-refractivity contribution < 1.29 is 26.4 Å². The smallest absolute Gasteiger partial charge is 0.322 e. The van der Waals surface area contributed by atoms with Crippen molar-refractivity contribution in [2.75, 3.05) is 5.32 Å². The number of rotatable bonds is 6. The Morgan fingerprint density at radius 2 is 1.43 bits per heavy atom. The number of hydrogen-bond acceptors (Lipinski definition) is 3. The fraction of sp³-hybridized carbons (Fsp3) is 0.0952. The zero-order valence-corrected chi connectivity index (χ0v) is 16.3. The van der Waals surface area contributed by atoms with E-state index in [-0.39, 0.29) is 17.0 Å². The van der Waals surface area contributed by atoms with E-state index in [0.717, 1.165) is 29.8 Å². The number of carbonyl (C=O) groups is 1. The van der Waals surface area contributed by atoms with Gasteiger partial charge in [-0.05, 0) is 54.1 Å². The van der Waals surface area contributed by atoms with Crippen LogP contribution in [0.15, 0.2) is 83.8 Å². The molecule has 3 rings (SSSR count). The standard InChI is InChI=1S/C21H17F3N2O3S/c22-21(23,24)17-8-6-16(7-9-17)20(27)26-18-10-12-19(13-11-18)30(28,29)25-14-15-4-2-1-3-5-15/h1-13,25H,14H2,(H,26,27). The van der Waals surface area contributed by atoms with Crippen LogP contribution in [0.3, 0.4) is 0 Å². The summed E-state index contributed by atoms with van der Waals surface area (Å²) in [6.07, 6.45) is -4.48. The Morgan fingerprint density at radius 1 is 0.833 bits per heavy atom. The second kappa shape index (κ2) is 8.68. The van der Waals surface area contributed by atoms with Crippen LogP contribution in [-0.4, -0.2) is 14.3 Å². The first-order valence-corrected chi connectivity index (χ1v) is 10.3. The summed E-state index contributed by atoms with van der Waals surface area (Å²) in [5, 5.41) is 2.52. The second-order valence-electron chi connectivity index (χ2n) is 6.36. The highest BCUT2D eigenvalue weighted by atomic mass is 32.2. The monoisotopic (exact) mass is 434 g/mol. The first-order chi connectivity index (χ1) is 14.1. The maximum absolute atomic E-state index is 12.6. The molecule has 0 unspecified atom stereocenters. The summed E-state index contributed by atoms with van der Waals surface area (Å²) in [4.78, 5) is 12.2. The normalized spacial score (nSPS) is 11.8. The van der Waals surface area contributed by atoms with Gasteiger partial charge in [-0.2, -0.15) is 13.2 Å². The number of halogens is 3. The molecule has 9 heteroatoms. The van der Waals surface area contributed by atoms with Crippen LogP contribution in [0.1, 0.15) is 21.5 Å². The van der Waals surface area contributed by atoms with Gasteiger partial charge in [-0.15, -0.1) is 0 Å². The van der Waals surface area contributed by atoms with Gasteiger partial charge in [0.25, 0.3) is 5.91 Å². The first kappa shape index (κ1) is 21.5. The van der Waals surface area contributed by atoms with Crippen molar-refractivity contribution in [1.29, 1.82) is 0 Å². The maximum Gasteiger partial charge on any atom is 0.416 e. The largest absolute Gasteiger partial charge is 0.416 e. The van der Waals surface area contributed by atoms with Crippen LogP contribution < -0.4 is 10.0 Å². The molecule has 5 nitrogen and oxygen atoms in total. The molecule has 0 aliphatic carbocycles. The molecule has 30 heavy (non-hydrogen) atoms. The summed E-state index contributed by atoms with van der Waals surface area (Å²) in [5.41, 5.74) is 0.309. The topological polar surface area (TPSA) is 75.3 Å². The average molecular weight is 434 g/mol. The van der Waals surface area contributed by atoms with Crippen LogP contribution in [0, 0.1) is 0 Å². The number of hydrogen-bond donors (Lipinski definition) is 2. The third kappa shape index (κ3) is 5.46. The first-order valence-electron chi connectivity index (χ1n) is 8.77. The Hall–Kier alpha value is -3.17. The van der Waals surface area contributed by atoms with Crippen LogP contribution in [0.2, 0.25) is 0 Å². The molecule has 0 atom stereocenters. The lowest BCUT2D eigenvalue weighted by atomic mass is 10.1. The van der Waals surface area contributed by atoms with Gasteiger partial charge in [0.15, 0.2) is 0 Å². The molecule has 0 saturated carbocycles. The van der Waals surface area contributed by atoms with Crippen LogP contribution in [0.25, 0.3) is 0 Å². The fourth-order valence-electron chi connectivity index (χ4n) is 2.59. The van der Waals surface area contributed by atoms with Crippen LogP contribution in [0.5, 0.6) is 0 Å². The molecule has 0 aliphatic rings. The van der Waals surface area contributed by atoms with E-state index >= 15 is 0 Å². The van der Waals surface area contributed by atoms with Crippen molar-refractivity contribution >= 4 is 21.6 Å². The molecule has 0 aliphatic heterocycles. The lowest BCUT2D eigenvalue weighted by Gasteiger charge is -2.10. The fourth-order valence-corrected chi connectivity index (χ4v) is 3.61. The molecule has 0 fully saturated rings. The van der Waals surface area contributed by atoms with Gasteiger partial charge in [-0.25, -0.2) is 13.1 Å². The Balaban J connectivity index is 1.64. The predicted octanol–water partition coefficient (Wildman–Crippen LogP) is 4.44. The van der Waals surface area contributed by atoms with Gasteiger partial charge < -0.3 is 5.32 Å². The molecule has 2 N–H and O–H groups in total. The zero-order valence-electron chi connectivity index (χ0n) is 15.5. The molecular formula is C21H17F3N2O3S.